The highest BCUT2D eigenvalue weighted by molar-refractivity contribution is 5.81. The van der Waals surface area contributed by atoms with Gasteiger partial charge in [0.15, 0.2) is 0 Å². The highest BCUT2D eigenvalue weighted by Gasteiger charge is 2.23. The molecule has 2 aromatic rings. The van der Waals surface area contributed by atoms with Gasteiger partial charge in [-0.2, -0.15) is 0 Å². The van der Waals surface area contributed by atoms with E-state index in [9.17, 15) is 4.39 Å². The molecule has 0 bridgehead atoms. The second-order valence-corrected chi connectivity index (χ2v) is 5.14. The molecule has 1 aromatic carbocycles. The number of likely N-dealkylation sites (tertiary alicyclic amines) is 1. The second kappa shape index (κ2) is 5.23. The van der Waals surface area contributed by atoms with Crippen LogP contribution in [-0.4, -0.2) is 29.0 Å². The van der Waals surface area contributed by atoms with Crippen molar-refractivity contribution >= 4 is 10.9 Å². The summed E-state index contributed by atoms with van der Waals surface area (Å²) >= 11 is 0. The zero-order valence-electron chi connectivity index (χ0n) is 10.8. The molecule has 0 aliphatic carbocycles. The quantitative estimate of drug-likeness (QED) is 0.919. The lowest BCUT2D eigenvalue weighted by atomic mass is 10.1. The number of hydrogen-bond acceptors (Lipinski definition) is 3. The predicted octanol–water partition coefficient (Wildman–Crippen LogP) is 2.30. The molecule has 3 nitrogen and oxygen atoms in total. The minimum Gasteiger partial charge on any atom is -0.329 e. The Kier molecular flexibility index (Phi) is 3.44. The number of nitrogens with zero attached hydrogens (tertiary/aromatic N) is 2. The topological polar surface area (TPSA) is 42.1 Å². The van der Waals surface area contributed by atoms with Gasteiger partial charge in [-0.3, -0.25) is 9.88 Å². The summed E-state index contributed by atoms with van der Waals surface area (Å²) in [7, 11) is 0. The fraction of sp³-hybridized carbons (Fsp3) is 0.400. The highest BCUT2D eigenvalue weighted by Crippen LogP contribution is 2.24. The molecule has 0 radical (unpaired) electrons. The van der Waals surface area contributed by atoms with E-state index in [0.717, 1.165) is 36.0 Å². The van der Waals surface area contributed by atoms with E-state index in [1.807, 2.05) is 12.1 Å². The molecule has 0 saturated carbocycles. The summed E-state index contributed by atoms with van der Waals surface area (Å²) in [6.45, 7) is 2.43. The van der Waals surface area contributed by atoms with Gasteiger partial charge in [0.1, 0.15) is 5.82 Å². The Morgan fingerprint density at radius 2 is 2.32 bits per heavy atom. The third kappa shape index (κ3) is 2.46. The first-order valence-electron chi connectivity index (χ1n) is 6.75. The largest absolute Gasteiger partial charge is 0.329 e. The summed E-state index contributed by atoms with van der Waals surface area (Å²) < 4.78 is 13.7. The van der Waals surface area contributed by atoms with E-state index in [1.165, 1.54) is 12.5 Å². The molecule has 2 heterocycles. The number of hydrogen-bond donors (Lipinski definition) is 1. The summed E-state index contributed by atoms with van der Waals surface area (Å²) in [5.74, 6) is -0.195. The van der Waals surface area contributed by atoms with Crippen molar-refractivity contribution in [3.05, 3.63) is 41.8 Å². The number of pyridine rings is 1. The van der Waals surface area contributed by atoms with E-state index in [1.54, 1.807) is 12.3 Å². The number of aromatic nitrogens is 1. The SMILES string of the molecule is NCC1CCCN1Cc1cc(F)cc2cccnc12. The Bertz CT molecular complexity index is 585. The lowest BCUT2D eigenvalue weighted by Crippen LogP contribution is -2.34. The van der Waals surface area contributed by atoms with Crippen LogP contribution in [0.1, 0.15) is 18.4 Å². The van der Waals surface area contributed by atoms with Crippen molar-refractivity contribution in [3.63, 3.8) is 0 Å². The van der Waals surface area contributed by atoms with Crippen LogP contribution in [0.3, 0.4) is 0 Å². The monoisotopic (exact) mass is 259 g/mol. The molecule has 1 saturated heterocycles. The van der Waals surface area contributed by atoms with Gasteiger partial charge in [-0.05, 0) is 43.1 Å². The predicted molar refractivity (Wildman–Crippen MR) is 74.2 cm³/mol. The fourth-order valence-electron chi connectivity index (χ4n) is 2.94. The molecule has 2 N–H and O–H groups in total. The van der Waals surface area contributed by atoms with Crippen molar-refractivity contribution in [1.82, 2.24) is 9.88 Å². The molecule has 1 unspecified atom stereocenters. The van der Waals surface area contributed by atoms with Gasteiger partial charge >= 0.3 is 0 Å². The normalized spacial score (nSPS) is 20.2. The van der Waals surface area contributed by atoms with Gasteiger partial charge in [-0.15, -0.1) is 0 Å². The number of halogens is 1. The van der Waals surface area contributed by atoms with Crippen molar-refractivity contribution < 1.29 is 4.39 Å². The maximum absolute atomic E-state index is 13.7. The Labute approximate surface area is 112 Å². The molecular formula is C15H18FN3. The molecule has 1 fully saturated rings. The van der Waals surface area contributed by atoms with Gasteiger partial charge < -0.3 is 5.73 Å². The van der Waals surface area contributed by atoms with E-state index in [-0.39, 0.29) is 5.82 Å². The van der Waals surface area contributed by atoms with Crippen molar-refractivity contribution in [2.24, 2.45) is 5.73 Å². The van der Waals surface area contributed by atoms with Crippen molar-refractivity contribution in [2.45, 2.75) is 25.4 Å². The molecule has 0 spiro atoms. The average molecular weight is 259 g/mol. The van der Waals surface area contributed by atoms with Crippen LogP contribution in [0.15, 0.2) is 30.5 Å². The average Bonchev–Trinajstić information content (AvgIpc) is 2.86. The number of fused-ring (bicyclic) bond motifs is 1. The third-order valence-electron chi connectivity index (χ3n) is 3.89. The molecule has 1 atom stereocenters. The maximum atomic E-state index is 13.7. The summed E-state index contributed by atoms with van der Waals surface area (Å²) in [5.41, 5.74) is 7.64. The second-order valence-electron chi connectivity index (χ2n) is 5.14. The Morgan fingerprint density at radius 1 is 1.42 bits per heavy atom. The molecular weight excluding hydrogens is 241 g/mol. The summed E-state index contributed by atoms with van der Waals surface area (Å²) in [6.07, 6.45) is 4.06. The van der Waals surface area contributed by atoms with E-state index in [2.05, 4.69) is 9.88 Å². The first-order chi connectivity index (χ1) is 9.28. The number of rotatable bonds is 3. The van der Waals surface area contributed by atoms with Crippen LogP contribution >= 0.6 is 0 Å². The van der Waals surface area contributed by atoms with Crippen molar-refractivity contribution in [3.8, 4) is 0 Å². The highest BCUT2D eigenvalue weighted by atomic mass is 19.1. The molecule has 3 rings (SSSR count). The zero-order chi connectivity index (χ0) is 13.2. The molecule has 4 heteroatoms. The van der Waals surface area contributed by atoms with E-state index in [0.29, 0.717) is 12.6 Å². The fourth-order valence-corrected chi connectivity index (χ4v) is 2.94. The standard InChI is InChI=1S/C15H18FN3/c16-13-7-11-3-1-5-18-15(11)12(8-13)10-19-6-2-4-14(19)9-17/h1,3,5,7-8,14H,2,4,6,9-10,17H2. The van der Waals surface area contributed by atoms with Gasteiger partial charge in [0, 0.05) is 30.7 Å². The minimum absolute atomic E-state index is 0.195. The van der Waals surface area contributed by atoms with Gasteiger partial charge in [0.25, 0.3) is 0 Å². The minimum atomic E-state index is -0.195. The molecule has 1 aliphatic heterocycles. The molecule has 19 heavy (non-hydrogen) atoms. The summed E-state index contributed by atoms with van der Waals surface area (Å²) in [5, 5.41) is 0.862. The van der Waals surface area contributed by atoms with Crippen LogP contribution in [0.2, 0.25) is 0 Å². The molecule has 0 amide bonds. The first kappa shape index (κ1) is 12.5. The van der Waals surface area contributed by atoms with Crippen molar-refractivity contribution in [2.75, 3.05) is 13.1 Å². The van der Waals surface area contributed by atoms with Crippen LogP contribution in [0.5, 0.6) is 0 Å². The van der Waals surface area contributed by atoms with Gasteiger partial charge in [0.2, 0.25) is 0 Å². The van der Waals surface area contributed by atoms with E-state index >= 15 is 0 Å². The van der Waals surface area contributed by atoms with Crippen LogP contribution in [0.25, 0.3) is 10.9 Å². The molecule has 1 aliphatic rings. The summed E-state index contributed by atoms with van der Waals surface area (Å²) in [6, 6.07) is 7.29. The lowest BCUT2D eigenvalue weighted by molar-refractivity contribution is 0.251. The van der Waals surface area contributed by atoms with Crippen LogP contribution in [-0.2, 0) is 6.54 Å². The Morgan fingerprint density at radius 3 is 3.16 bits per heavy atom. The maximum Gasteiger partial charge on any atom is 0.124 e. The number of nitrogens with two attached hydrogens (primary N) is 1. The molecule has 100 valence electrons. The summed E-state index contributed by atoms with van der Waals surface area (Å²) in [4.78, 5) is 6.73. The lowest BCUT2D eigenvalue weighted by Gasteiger charge is -2.23. The third-order valence-corrected chi connectivity index (χ3v) is 3.89. The van der Waals surface area contributed by atoms with Crippen LogP contribution in [0.4, 0.5) is 4.39 Å². The first-order valence-corrected chi connectivity index (χ1v) is 6.75. The van der Waals surface area contributed by atoms with Gasteiger partial charge in [0.05, 0.1) is 5.52 Å². The van der Waals surface area contributed by atoms with Gasteiger partial charge in [-0.1, -0.05) is 6.07 Å². The smallest absolute Gasteiger partial charge is 0.124 e. The van der Waals surface area contributed by atoms with Crippen LogP contribution in [0, 0.1) is 5.82 Å². The van der Waals surface area contributed by atoms with Gasteiger partial charge in [-0.25, -0.2) is 4.39 Å². The molecule has 1 aromatic heterocycles. The number of benzene rings is 1. The van der Waals surface area contributed by atoms with E-state index in [4.69, 9.17) is 5.73 Å². The zero-order valence-corrected chi connectivity index (χ0v) is 10.8. The van der Waals surface area contributed by atoms with Crippen molar-refractivity contribution in [1.29, 1.82) is 0 Å². The van der Waals surface area contributed by atoms with E-state index < -0.39 is 0 Å². The van der Waals surface area contributed by atoms with Crippen LogP contribution < -0.4 is 5.73 Å². The Hall–Kier alpha value is -1.52. The Balaban J connectivity index is 1.96.